The molecular formula is C19H25N3OS. The van der Waals surface area contributed by atoms with Crippen LogP contribution < -0.4 is 5.32 Å². The second kappa shape index (κ2) is 8.38. The predicted molar refractivity (Wildman–Crippen MR) is 100 cm³/mol. The minimum absolute atomic E-state index is 0.0998. The Balaban J connectivity index is 1.57. The Morgan fingerprint density at radius 2 is 2.12 bits per heavy atom. The van der Waals surface area contributed by atoms with E-state index in [0.29, 0.717) is 18.2 Å². The smallest absolute Gasteiger partial charge is 0.230 e. The van der Waals surface area contributed by atoms with Gasteiger partial charge in [0.05, 0.1) is 16.8 Å². The highest BCUT2D eigenvalue weighted by atomic mass is 32.2. The van der Waals surface area contributed by atoms with Crippen LogP contribution in [0.4, 0.5) is 0 Å². The second-order valence-corrected chi connectivity index (χ2v) is 7.32. The molecule has 0 atom stereocenters. The number of nitrogens with zero attached hydrogens (tertiary/aromatic N) is 2. The van der Waals surface area contributed by atoms with Crippen LogP contribution in [0.3, 0.4) is 0 Å². The first-order chi connectivity index (χ1) is 11.8. The zero-order chi connectivity index (χ0) is 16.8. The van der Waals surface area contributed by atoms with E-state index in [4.69, 9.17) is 0 Å². The molecule has 2 aromatic rings. The molecule has 1 fully saturated rings. The monoisotopic (exact) mass is 343 g/mol. The zero-order valence-electron chi connectivity index (χ0n) is 14.0. The van der Waals surface area contributed by atoms with Crippen LogP contribution in [0.1, 0.15) is 32.1 Å². The van der Waals surface area contributed by atoms with Crippen molar-refractivity contribution in [2.75, 3.05) is 12.3 Å². The van der Waals surface area contributed by atoms with Crippen LogP contribution in [0.5, 0.6) is 0 Å². The lowest BCUT2D eigenvalue weighted by Gasteiger charge is -2.21. The fraction of sp³-hybridized carbons (Fsp3) is 0.474. The summed E-state index contributed by atoms with van der Waals surface area (Å²) in [6, 6.07) is 8.05. The van der Waals surface area contributed by atoms with Crippen molar-refractivity contribution in [1.82, 2.24) is 14.9 Å². The van der Waals surface area contributed by atoms with Gasteiger partial charge in [-0.3, -0.25) is 4.79 Å². The van der Waals surface area contributed by atoms with E-state index in [9.17, 15) is 4.79 Å². The minimum atomic E-state index is 0.0998. The molecule has 1 heterocycles. The first kappa shape index (κ1) is 17.1. The van der Waals surface area contributed by atoms with Gasteiger partial charge in [-0.05, 0) is 30.9 Å². The number of hydrogen-bond acceptors (Lipinski definition) is 3. The molecule has 1 aliphatic carbocycles. The number of carbonyl (C=O) groups is 1. The Morgan fingerprint density at radius 1 is 1.33 bits per heavy atom. The maximum Gasteiger partial charge on any atom is 0.230 e. The van der Waals surface area contributed by atoms with E-state index in [-0.39, 0.29) is 5.91 Å². The third-order valence-electron chi connectivity index (χ3n) is 4.58. The van der Waals surface area contributed by atoms with Gasteiger partial charge < -0.3 is 9.88 Å². The number of aromatic nitrogens is 2. The summed E-state index contributed by atoms with van der Waals surface area (Å²) in [4.78, 5) is 16.8. The first-order valence-corrected chi connectivity index (χ1v) is 9.72. The molecule has 1 N–H and O–H groups in total. The Hall–Kier alpha value is -1.75. The molecule has 1 amide bonds. The lowest BCUT2D eigenvalue weighted by Crippen LogP contribution is -2.31. The van der Waals surface area contributed by atoms with Gasteiger partial charge in [0.2, 0.25) is 5.91 Å². The third kappa shape index (κ3) is 4.20. The van der Waals surface area contributed by atoms with Gasteiger partial charge in [-0.2, -0.15) is 0 Å². The summed E-state index contributed by atoms with van der Waals surface area (Å²) in [5, 5.41) is 3.97. The summed E-state index contributed by atoms with van der Waals surface area (Å²) in [6.07, 6.45) is 8.33. The van der Waals surface area contributed by atoms with E-state index < -0.39 is 0 Å². The molecule has 3 rings (SSSR count). The van der Waals surface area contributed by atoms with Crippen molar-refractivity contribution in [1.29, 1.82) is 0 Å². The molecule has 5 heteroatoms. The fourth-order valence-corrected chi connectivity index (χ4v) is 4.15. The summed E-state index contributed by atoms with van der Waals surface area (Å²) in [5.41, 5.74) is 2.05. The molecule has 128 valence electrons. The maximum atomic E-state index is 12.2. The number of thioether (sulfide) groups is 1. The lowest BCUT2D eigenvalue weighted by molar-refractivity contribution is -0.118. The normalized spacial score (nSPS) is 15.5. The molecule has 0 aliphatic heterocycles. The van der Waals surface area contributed by atoms with Crippen molar-refractivity contribution in [2.45, 2.75) is 43.8 Å². The fourth-order valence-electron chi connectivity index (χ4n) is 3.30. The van der Waals surface area contributed by atoms with Crippen LogP contribution in [-0.4, -0.2) is 27.8 Å². The van der Waals surface area contributed by atoms with Crippen LogP contribution in [0.2, 0.25) is 0 Å². The predicted octanol–water partition coefficient (Wildman–Crippen LogP) is 4.01. The average Bonchev–Trinajstić information content (AvgIpc) is 2.97. The number of nitrogens with one attached hydrogen (secondary N) is 1. The first-order valence-electron chi connectivity index (χ1n) is 8.73. The molecule has 1 aliphatic rings. The van der Waals surface area contributed by atoms with Gasteiger partial charge in [0, 0.05) is 13.1 Å². The third-order valence-corrected chi connectivity index (χ3v) is 5.55. The Kier molecular flexibility index (Phi) is 5.96. The van der Waals surface area contributed by atoms with Crippen molar-refractivity contribution < 1.29 is 4.79 Å². The van der Waals surface area contributed by atoms with E-state index in [1.165, 1.54) is 43.9 Å². The lowest BCUT2D eigenvalue weighted by atomic mass is 9.89. The Bertz CT molecular complexity index is 704. The Morgan fingerprint density at radius 3 is 2.92 bits per heavy atom. The SMILES string of the molecule is C=CCn1c(SCC(=O)NCC2CCCCC2)nc2ccccc21. The number of imidazole rings is 1. The summed E-state index contributed by atoms with van der Waals surface area (Å²) in [6.45, 7) is 5.35. The molecule has 0 unspecified atom stereocenters. The summed E-state index contributed by atoms with van der Waals surface area (Å²) in [7, 11) is 0. The number of hydrogen-bond donors (Lipinski definition) is 1. The molecule has 24 heavy (non-hydrogen) atoms. The largest absolute Gasteiger partial charge is 0.355 e. The van der Waals surface area contributed by atoms with Crippen molar-refractivity contribution in [3.8, 4) is 0 Å². The molecule has 1 aromatic heterocycles. The molecular weight excluding hydrogens is 318 g/mol. The number of amides is 1. The van der Waals surface area contributed by atoms with Crippen molar-refractivity contribution in [3.63, 3.8) is 0 Å². The van der Waals surface area contributed by atoms with Gasteiger partial charge in [-0.15, -0.1) is 6.58 Å². The van der Waals surface area contributed by atoms with E-state index in [2.05, 4.69) is 27.5 Å². The molecule has 0 bridgehead atoms. The summed E-state index contributed by atoms with van der Waals surface area (Å²) < 4.78 is 2.11. The van der Waals surface area contributed by atoms with Crippen LogP contribution in [0.15, 0.2) is 42.1 Å². The topological polar surface area (TPSA) is 46.9 Å². The second-order valence-electron chi connectivity index (χ2n) is 6.38. The molecule has 1 saturated carbocycles. The van der Waals surface area contributed by atoms with Crippen molar-refractivity contribution >= 4 is 28.7 Å². The summed E-state index contributed by atoms with van der Waals surface area (Å²) in [5.74, 6) is 1.17. The van der Waals surface area contributed by atoms with Gasteiger partial charge in [0.1, 0.15) is 0 Å². The highest BCUT2D eigenvalue weighted by Gasteiger charge is 2.15. The van der Waals surface area contributed by atoms with Gasteiger partial charge >= 0.3 is 0 Å². The van der Waals surface area contributed by atoms with Gasteiger partial charge in [0.25, 0.3) is 0 Å². The number of benzene rings is 1. The molecule has 1 aromatic carbocycles. The van der Waals surface area contributed by atoms with Gasteiger partial charge in [-0.1, -0.05) is 49.2 Å². The van der Waals surface area contributed by atoms with E-state index in [1.54, 1.807) is 0 Å². The van der Waals surface area contributed by atoms with Crippen LogP contribution >= 0.6 is 11.8 Å². The summed E-state index contributed by atoms with van der Waals surface area (Å²) >= 11 is 1.50. The Labute approximate surface area is 147 Å². The molecule has 0 radical (unpaired) electrons. The molecule has 0 saturated heterocycles. The van der Waals surface area contributed by atoms with E-state index in [1.807, 2.05) is 24.3 Å². The van der Waals surface area contributed by atoms with Gasteiger partial charge in [0.15, 0.2) is 5.16 Å². The van der Waals surface area contributed by atoms with Gasteiger partial charge in [-0.25, -0.2) is 4.98 Å². The van der Waals surface area contributed by atoms with Crippen LogP contribution in [0.25, 0.3) is 11.0 Å². The number of fused-ring (bicyclic) bond motifs is 1. The number of para-hydroxylation sites is 2. The number of carbonyl (C=O) groups excluding carboxylic acids is 1. The highest BCUT2D eigenvalue weighted by molar-refractivity contribution is 7.99. The van der Waals surface area contributed by atoms with Crippen molar-refractivity contribution in [3.05, 3.63) is 36.9 Å². The standard InChI is InChI=1S/C19H25N3OS/c1-2-12-22-17-11-7-6-10-16(17)21-19(22)24-14-18(23)20-13-15-8-4-3-5-9-15/h2,6-7,10-11,15H,1,3-5,8-9,12-14H2,(H,20,23). The zero-order valence-corrected chi connectivity index (χ0v) is 14.9. The highest BCUT2D eigenvalue weighted by Crippen LogP contribution is 2.25. The van der Waals surface area contributed by atoms with Crippen LogP contribution in [-0.2, 0) is 11.3 Å². The van der Waals surface area contributed by atoms with E-state index in [0.717, 1.165) is 22.7 Å². The average molecular weight is 343 g/mol. The van der Waals surface area contributed by atoms with Crippen LogP contribution in [0, 0.1) is 5.92 Å². The number of allylic oxidation sites excluding steroid dienone is 1. The maximum absolute atomic E-state index is 12.2. The number of rotatable bonds is 7. The molecule has 4 nitrogen and oxygen atoms in total. The minimum Gasteiger partial charge on any atom is -0.355 e. The molecule has 0 spiro atoms. The quantitative estimate of drug-likeness (QED) is 0.610. The van der Waals surface area contributed by atoms with E-state index >= 15 is 0 Å². The van der Waals surface area contributed by atoms with Crippen molar-refractivity contribution in [2.24, 2.45) is 5.92 Å².